The van der Waals surface area contributed by atoms with Gasteiger partial charge in [-0.15, -0.1) is 0 Å². The molecule has 0 radical (unpaired) electrons. The summed E-state index contributed by atoms with van der Waals surface area (Å²) in [4.78, 5) is 0. The summed E-state index contributed by atoms with van der Waals surface area (Å²) < 4.78 is 0. The first-order chi connectivity index (χ1) is 6.00. The summed E-state index contributed by atoms with van der Waals surface area (Å²) in [6.45, 7) is 6.67. The second-order valence-corrected chi connectivity index (χ2v) is 4.79. The standard InChI is InChI=1S/C12H17N/c1-8-4-5-10-9(6-8)11(13)7-12(10,2)3/h4-6,11H,7,13H2,1-3H3/t11-/m0/s1. The summed E-state index contributed by atoms with van der Waals surface area (Å²) in [7, 11) is 0. The number of benzene rings is 1. The maximum absolute atomic E-state index is 6.09. The summed E-state index contributed by atoms with van der Waals surface area (Å²) in [5.74, 6) is 0. The molecular formula is C12H17N. The van der Waals surface area contributed by atoms with Crippen molar-refractivity contribution in [2.24, 2.45) is 5.73 Å². The molecule has 1 aliphatic carbocycles. The van der Waals surface area contributed by atoms with E-state index >= 15 is 0 Å². The van der Waals surface area contributed by atoms with Gasteiger partial charge >= 0.3 is 0 Å². The van der Waals surface area contributed by atoms with E-state index in [1.165, 1.54) is 16.7 Å². The third-order valence-corrected chi connectivity index (χ3v) is 3.07. The van der Waals surface area contributed by atoms with E-state index in [0.717, 1.165) is 6.42 Å². The molecule has 1 heteroatoms. The van der Waals surface area contributed by atoms with E-state index < -0.39 is 0 Å². The Morgan fingerprint density at radius 3 is 2.77 bits per heavy atom. The molecule has 0 aliphatic heterocycles. The molecule has 1 aliphatic rings. The second kappa shape index (κ2) is 2.58. The number of fused-ring (bicyclic) bond motifs is 1. The molecule has 13 heavy (non-hydrogen) atoms. The van der Waals surface area contributed by atoms with Crippen molar-refractivity contribution in [3.63, 3.8) is 0 Å². The fourth-order valence-electron chi connectivity index (χ4n) is 2.37. The van der Waals surface area contributed by atoms with E-state index in [0.29, 0.717) is 0 Å². The van der Waals surface area contributed by atoms with Crippen LogP contribution in [0.3, 0.4) is 0 Å². The molecule has 0 saturated heterocycles. The molecule has 0 amide bonds. The first kappa shape index (κ1) is 8.76. The molecule has 1 aromatic rings. The molecule has 70 valence electrons. The molecule has 0 unspecified atom stereocenters. The number of hydrogen-bond donors (Lipinski definition) is 1. The van der Waals surface area contributed by atoms with Gasteiger partial charge in [0.05, 0.1) is 0 Å². The van der Waals surface area contributed by atoms with Gasteiger partial charge in [-0.3, -0.25) is 0 Å². The van der Waals surface area contributed by atoms with Gasteiger partial charge in [-0.25, -0.2) is 0 Å². The quantitative estimate of drug-likeness (QED) is 0.644. The zero-order valence-electron chi connectivity index (χ0n) is 8.59. The Balaban J connectivity index is 2.59. The molecule has 0 bridgehead atoms. The lowest BCUT2D eigenvalue weighted by Crippen LogP contribution is -2.14. The predicted molar refractivity (Wildman–Crippen MR) is 55.8 cm³/mol. The van der Waals surface area contributed by atoms with Crippen LogP contribution < -0.4 is 5.73 Å². The summed E-state index contributed by atoms with van der Waals surface area (Å²) in [6.07, 6.45) is 1.08. The topological polar surface area (TPSA) is 26.0 Å². The monoisotopic (exact) mass is 175 g/mol. The largest absolute Gasteiger partial charge is 0.324 e. The van der Waals surface area contributed by atoms with E-state index in [1.54, 1.807) is 0 Å². The number of aryl methyl sites for hydroxylation is 1. The average Bonchev–Trinajstić information content (AvgIpc) is 2.22. The molecule has 0 saturated carbocycles. The van der Waals surface area contributed by atoms with Crippen LogP contribution in [0.5, 0.6) is 0 Å². The van der Waals surface area contributed by atoms with Crippen LogP contribution in [0.4, 0.5) is 0 Å². The molecule has 1 atom stereocenters. The third kappa shape index (κ3) is 1.28. The van der Waals surface area contributed by atoms with Crippen LogP contribution in [0.15, 0.2) is 18.2 Å². The van der Waals surface area contributed by atoms with Crippen molar-refractivity contribution >= 4 is 0 Å². The van der Waals surface area contributed by atoms with Gasteiger partial charge in [-0.2, -0.15) is 0 Å². The molecule has 0 fully saturated rings. The van der Waals surface area contributed by atoms with Crippen LogP contribution in [0.25, 0.3) is 0 Å². The summed E-state index contributed by atoms with van der Waals surface area (Å²) in [6, 6.07) is 6.88. The molecule has 0 heterocycles. The van der Waals surface area contributed by atoms with Gasteiger partial charge in [-0.05, 0) is 29.9 Å². The highest BCUT2D eigenvalue weighted by Crippen LogP contribution is 2.43. The van der Waals surface area contributed by atoms with Gasteiger partial charge < -0.3 is 5.73 Å². The van der Waals surface area contributed by atoms with Gasteiger partial charge in [0.25, 0.3) is 0 Å². The van der Waals surface area contributed by atoms with Crippen molar-refractivity contribution in [1.82, 2.24) is 0 Å². The lowest BCUT2D eigenvalue weighted by atomic mass is 9.86. The third-order valence-electron chi connectivity index (χ3n) is 3.07. The van der Waals surface area contributed by atoms with Crippen molar-refractivity contribution < 1.29 is 0 Å². The van der Waals surface area contributed by atoms with E-state index in [4.69, 9.17) is 5.73 Å². The highest BCUT2D eigenvalue weighted by Gasteiger charge is 2.34. The molecule has 2 rings (SSSR count). The van der Waals surface area contributed by atoms with Gasteiger partial charge in [0, 0.05) is 6.04 Å². The van der Waals surface area contributed by atoms with Crippen molar-refractivity contribution in [2.45, 2.75) is 38.6 Å². The van der Waals surface area contributed by atoms with Gasteiger partial charge in [0.2, 0.25) is 0 Å². The lowest BCUT2D eigenvalue weighted by Gasteiger charge is -2.18. The zero-order valence-corrected chi connectivity index (χ0v) is 8.59. The first-order valence-corrected chi connectivity index (χ1v) is 4.87. The number of rotatable bonds is 0. The van der Waals surface area contributed by atoms with Crippen molar-refractivity contribution in [2.75, 3.05) is 0 Å². The van der Waals surface area contributed by atoms with Crippen molar-refractivity contribution in [3.05, 3.63) is 34.9 Å². The van der Waals surface area contributed by atoms with Crippen LogP contribution in [0.1, 0.15) is 43.0 Å². The Bertz CT molecular complexity index is 339. The Morgan fingerprint density at radius 1 is 1.38 bits per heavy atom. The van der Waals surface area contributed by atoms with Crippen molar-refractivity contribution in [1.29, 1.82) is 0 Å². The maximum Gasteiger partial charge on any atom is 0.0306 e. The van der Waals surface area contributed by atoms with Gasteiger partial charge in [0.1, 0.15) is 0 Å². The normalized spacial score (nSPS) is 24.5. The number of hydrogen-bond acceptors (Lipinski definition) is 1. The molecule has 1 nitrogen and oxygen atoms in total. The highest BCUT2D eigenvalue weighted by atomic mass is 14.7. The minimum atomic E-state index is 0.241. The Kier molecular flexibility index (Phi) is 1.74. The van der Waals surface area contributed by atoms with Crippen LogP contribution >= 0.6 is 0 Å². The molecular weight excluding hydrogens is 158 g/mol. The molecule has 1 aromatic carbocycles. The van der Waals surface area contributed by atoms with E-state index in [-0.39, 0.29) is 11.5 Å². The smallest absolute Gasteiger partial charge is 0.0306 e. The maximum atomic E-state index is 6.09. The van der Waals surface area contributed by atoms with Gasteiger partial charge in [-0.1, -0.05) is 37.6 Å². The zero-order chi connectivity index (χ0) is 9.64. The second-order valence-electron chi connectivity index (χ2n) is 4.79. The van der Waals surface area contributed by atoms with Crippen LogP contribution in [-0.2, 0) is 5.41 Å². The van der Waals surface area contributed by atoms with E-state index in [2.05, 4.69) is 39.0 Å². The minimum Gasteiger partial charge on any atom is -0.324 e. The van der Waals surface area contributed by atoms with Crippen molar-refractivity contribution in [3.8, 4) is 0 Å². The van der Waals surface area contributed by atoms with Gasteiger partial charge in [0.15, 0.2) is 0 Å². The molecule has 0 aromatic heterocycles. The van der Waals surface area contributed by atoms with Crippen LogP contribution in [0.2, 0.25) is 0 Å². The predicted octanol–water partition coefficient (Wildman–Crippen LogP) is 2.68. The first-order valence-electron chi connectivity index (χ1n) is 4.87. The average molecular weight is 175 g/mol. The summed E-state index contributed by atoms with van der Waals surface area (Å²) >= 11 is 0. The Labute approximate surface area is 80.0 Å². The van der Waals surface area contributed by atoms with Crippen LogP contribution in [-0.4, -0.2) is 0 Å². The fraction of sp³-hybridized carbons (Fsp3) is 0.500. The van der Waals surface area contributed by atoms with E-state index in [9.17, 15) is 0 Å². The Morgan fingerprint density at radius 2 is 2.08 bits per heavy atom. The summed E-state index contributed by atoms with van der Waals surface area (Å²) in [5.41, 5.74) is 10.5. The Hall–Kier alpha value is -0.820. The SMILES string of the molecule is Cc1ccc2c(c1)[C@@H](N)CC2(C)C. The molecule has 2 N–H and O–H groups in total. The summed E-state index contributed by atoms with van der Waals surface area (Å²) in [5, 5.41) is 0. The van der Waals surface area contributed by atoms with E-state index in [1.807, 2.05) is 0 Å². The highest BCUT2D eigenvalue weighted by molar-refractivity contribution is 5.42. The minimum absolute atomic E-state index is 0.241. The lowest BCUT2D eigenvalue weighted by molar-refractivity contribution is 0.481. The molecule has 0 spiro atoms. The van der Waals surface area contributed by atoms with Crippen LogP contribution in [0, 0.1) is 6.92 Å². The fourth-order valence-corrected chi connectivity index (χ4v) is 2.37. The number of nitrogens with two attached hydrogens (primary N) is 1.